The molecule has 1 saturated heterocycles. The Morgan fingerprint density at radius 3 is 2.70 bits per heavy atom. The summed E-state index contributed by atoms with van der Waals surface area (Å²) in [5.41, 5.74) is 2.00. The second-order valence-electron chi connectivity index (χ2n) is 6.85. The number of halogens is 1. The molecule has 0 saturated carbocycles. The van der Waals surface area contributed by atoms with Gasteiger partial charge in [-0.05, 0) is 29.8 Å². The van der Waals surface area contributed by atoms with E-state index in [1.165, 1.54) is 16.9 Å². The van der Waals surface area contributed by atoms with Crippen molar-refractivity contribution in [3.63, 3.8) is 0 Å². The third kappa shape index (κ3) is 5.19. The molecule has 1 aliphatic rings. The molecule has 2 heterocycles. The van der Waals surface area contributed by atoms with E-state index in [4.69, 9.17) is 11.6 Å². The molecule has 1 atom stereocenters. The minimum atomic E-state index is -0.107. The van der Waals surface area contributed by atoms with Crippen LogP contribution in [0.1, 0.15) is 22.9 Å². The number of hydrogen-bond acceptors (Lipinski definition) is 6. The van der Waals surface area contributed by atoms with E-state index in [0.29, 0.717) is 28.9 Å². The van der Waals surface area contributed by atoms with Gasteiger partial charge in [-0.15, -0.1) is 22.0 Å². The predicted octanol–water partition coefficient (Wildman–Crippen LogP) is 4.58. The average molecular weight is 459 g/mol. The van der Waals surface area contributed by atoms with Gasteiger partial charge in [0, 0.05) is 35.3 Å². The molecule has 1 aromatic heterocycles. The van der Waals surface area contributed by atoms with Gasteiger partial charge in [0.1, 0.15) is 5.01 Å². The number of thioether (sulfide) groups is 1. The summed E-state index contributed by atoms with van der Waals surface area (Å²) in [5.74, 6) is 1.02. The Kier molecular flexibility index (Phi) is 6.66. The summed E-state index contributed by atoms with van der Waals surface area (Å²) in [6.45, 7) is 0.538. The Hall–Kier alpha value is -2.42. The number of carbonyl (C=O) groups is 2. The van der Waals surface area contributed by atoms with Crippen LogP contribution in [-0.4, -0.2) is 34.3 Å². The molecule has 30 heavy (non-hydrogen) atoms. The monoisotopic (exact) mass is 458 g/mol. The first kappa shape index (κ1) is 20.8. The lowest BCUT2D eigenvalue weighted by molar-refractivity contribution is -0.117. The first-order chi connectivity index (χ1) is 14.6. The first-order valence-electron chi connectivity index (χ1n) is 9.39. The quantitative estimate of drug-likeness (QED) is 0.560. The van der Waals surface area contributed by atoms with Gasteiger partial charge < -0.3 is 4.90 Å². The summed E-state index contributed by atoms with van der Waals surface area (Å²) >= 11 is 8.81. The van der Waals surface area contributed by atoms with Gasteiger partial charge >= 0.3 is 0 Å². The van der Waals surface area contributed by atoms with Crippen LogP contribution < -0.4 is 10.2 Å². The van der Waals surface area contributed by atoms with Crippen molar-refractivity contribution in [2.24, 2.45) is 0 Å². The van der Waals surface area contributed by atoms with Crippen LogP contribution in [0.3, 0.4) is 0 Å². The molecule has 0 aliphatic carbocycles. The Morgan fingerprint density at radius 1 is 1.17 bits per heavy atom. The lowest BCUT2D eigenvalue weighted by Crippen LogP contribution is -2.24. The highest BCUT2D eigenvalue weighted by Gasteiger charge is 2.34. The molecule has 0 bridgehead atoms. The number of anilines is 2. The zero-order valence-electron chi connectivity index (χ0n) is 16.0. The van der Waals surface area contributed by atoms with Crippen LogP contribution >= 0.6 is 34.7 Å². The van der Waals surface area contributed by atoms with Gasteiger partial charge in [-0.1, -0.05) is 53.3 Å². The molecule has 0 spiro atoms. The van der Waals surface area contributed by atoms with Crippen molar-refractivity contribution in [1.29, 1.82) is 0 Å². The Morgan fingerprint density at radius 2 is 1.93 bits per heavy atom. The van der Waals surface area contributed by atoms with Crippen LogP contribution in [0.5, 0.6) is 0 Å². The highest BCUT2D eigenvalue weighted by molar-refractivity contribution is 7.99. The van der Waals surface area contributed by atoms with Crippen molar-refractivity contribution in [3.8, 4) is 0 Å². The molecule has 1 aliphatic heterocycles. The normalized spacial score (nSPS) is 16.1. The highest BCUT2D eigenvalue weighted by Crippen LogP contribution is 2.34. The largest absolute Gasteiger partial charge is 0.312 e. The minimum Gasteiger partial charge on any atom is -0.312 e. The third-order valence-corrected chi connectivity index (χ3v) is 6.90. The maximum Gasteiger partial charge on any atom is 0.236 e. The van der Waals surface area contributed by atoms with E-state index in [9.17, 15) is 9.59 Å². The van der Waals surface area contributed by atoms with Crippen molar-refractivity contribution >= 4 is 57.3 Å². The number of carbonyl (C=O) groups excluding carboxylic acids is 2. The van der Waals surface area contributed by atoms with Crippen LogP contribution in [0.25, 0.3) is 0 Å². The van der Waals surface area contributed by atoms with Crippen molar-refractivity contribution in [2.45, 2.75) is 18.1 Å². The van der Waals surface area contributed by atoms with Gasteiger partial charge in [-0.2, -0.15) is 0 Å². The number of nitrogens with zero attached hydrogens (tertiary/aromatic N) is 3. The third-order valence-electron chi connectivity index (χ3n) is 4.64. The fourth-order valence-corrected chi connectivity index (χ4v) is 4.95. The fraction of sp³-hybridized carbons (Fsp3) is 0.238. The number of benzene rings is 2. The fourth-order valence-electron chi connectivity index (χ4n) is 3.18. The zero-order valence-corrected chi connectivity index (χ0v) is 18.3. The van der Waals surface area contributed by atoms with Crippen molar-refractivity contribution in [1.82, 2.24) is 10.2 Å². The minimum absolute atomic E-state index is 0.0382. The molecule has 154 valence electrons. The van der Waals surface area contributed by atoms with Crippen molar-refractivity contribution < 1.29 is 9.59 Å². The first-order valence-corrected chi connectivity index (χ1v) is 11.7. The van der Waals surface area contributed by atoms with Gasteiger partial charge in [0.25, 0.3) is 0 Å². The molecule has 1 N–H and O–H groups in total. The van der Waals surface area contributed by atoms with Crippen LogP contribution in [-0.2, 0) is 15.3 Å². The van der Waals surface area contributed by atoms with Crippen LogP contribution in [0.15, 0.2) is 54.6 Å². The number of rotatable bonds is 7. The number of aromatic nitrogens is 2. The smallest absolute Gasteiger partial charge is 0.236 e. The van der Waals surface area contributed by atoms with E-state index in [1.807, 2.05) is 42.5 Å². The van der Waals surface area contributed by atoms with Gasteiger partial charge in [-0.25, -0.2) is 0 Å². The Labute approximate surface area is 187 Å². The van der Waals surface area contributed by atoms with Gasteiger partial charge in [0.2, 0.25) is 16.9 Å². The topological polar surface area (TPSA) is 75.2 Å². The summed E-state index contributed by atoms with van der Waals surface area (Å²) in [7, 11) is 0. The maximum absolute atomic E-state index is 12.4. The molecule has 4 rings (SSSR count). The lowest BCUT2D eigenvalue weighted by atomic mass is 10.1. The van der Waals surface area contributed by atoms with E-state index in [1.54, 1.807) is 28.8 Å². The summed E-state index contributed by atoms with van der Waals surface area (Å²) < 4.78 is 0. The van der Waals surface area contributed by atoms with Crippen molar-refractivity contribution in [2.75, 3.05) is 22.5 Å². The average Bonchev–Trinajstić information content (AvgIpc) is 3.36. The molecular weight excluding hydrogens is 440 g/mol. The summed E-state index contributed by atoms with van der Waals surface area (Å²) in [6.07, 6.45) is 0.373. The second kappa shape index (κ2) is 9.59. The van der Waals surface area contributed by atoms with Crippen molar-refractivity contribution in [3.05, 3.63) is 70.2 Å². The zero-order chi connectivity index (χ0) is 20.9. The number of nitrogens with one attached hydrogen (secondary N) is 1. The summed E-state index contributed by atoms with van der Waals surface area (Å²) in [4.78, 5) is 26.4. The van der Waals surface area contributed by atoms with Crippen LogP contribution in [0.2, 0.25) is 5.02 Å². The lowest BCUT2D eigenvalue weighted by Gasteiger charge is -2.16. The molecule has 2 aromatic carbocycles. The van der Waals surface area contributed by atoms with E-state index >= 15 is 0 Å². The van der Waals surface area contributed by atoms with Gasteiger partial charge in [0.15, 0.2) is 0 Å². The maximum atomic E-state index is 12.4. The number of hydrogen-bond donors (Lipinski definition) is 1. The Balaban J connectivity index is 1.30. The molecular formula is C21H19ClN4O2S2. The summed E-state index contributed by atoms with van der Waals surface area (Å²) in [5, 5.41) is 12.9. The van der Waals surface area contributed by atoms with E-state index in [-0.39, 0.29) is 17.7 Å². The molecule has 0 unspecified atom stereocenters. The molecule has 3 aromatic rings. The van der Waals surface area contributed by atoms with Gasteiger partial charge in [0.05, 0.1) is 5.75 Å². The van der Waals surface area contributed by atoms with Gasteiger partial charge in [-0.3, -0.25) is 14.9 Å². The molecule has 2 amide bonds. The van der Waals surface area contributed by atoms with Crippen LogP contribution in [0, 0.1) is 0 Å². The molecule has 0 radical (unpaired) electrons. The van der Waals surface area contributed by atoms with E-state index in [0.717, 1.165) is 16.4 Å². The molecule has 6 nitrogen and oxygen atoms in total. The Bertz CT molecular complexity index is 1030. The highest BCUT2D eigenvalue weighted by atomic mass is 35.5. The van der Waals surface area contributed by atoms with E-state index in [2.05, 4.69) is 15.5 Å². The van der Waals surface area contributed by atoms with Crippen LogP contribution in [0.4, 0.5) is 10.8 Å². The predicted molar refractivity (Wildman–Crippen MR) is 122 cm³/mol. The second-order valence-corrected chi connectivity index (χ2v) is 9.28. The summed E-state index contributed by atoms with van der Waals surface area (Å²) in [6, 6.07) is 17.2. The SMILES string of the molecule is O=C(CSCc1ccccc1)Nc1nnc([C@@H]2CC(=O)N(c3ccc(Cl)cc3)C2)s1. The number of amides is 2. The molecule has 9 heteroatoms. The standard InChI is InChI=1S/C21H19ClN4O2S2/c22-16-6-8-17(9-7-16)26-11-15(10-19(26)28)20-24-25-21(30-20)23-18(27)13-29-12-14-4-2-1-3-5-14/h1-9,15H,10-13H2,(H,23,25,27)/t15-/m1/s1. The van der Waals surface area contributed by atoms with E-state index < -0.39 is 0 Å². The molecule has 1 fully saturated rings.